The zero-order chi connectivity index (χ0) is 24.5. The van der Waals surface area contributed by atoms with Crippen LogP contribution in [0.5, 0.6) is 0 Å². The summed E-state index contributed by atoms with van der Waals surface area (Å²) in [6.45, 7) is 0.390. The molecule has 8 nitrogen and oxygen atoms in total. The molecule has 0 unspecified atom stereocenters. The van der Waals surface area contributed by atoms with Crippen LogP contribution in [0.4, 0.5) is 0 Å². The lowest BCUT2D eigenvalue weighted by atomic mass is 9.96. The van der Waals surface area contributed by atoms with Crippen molar-refractivity contribution in [2.24, 2.45) is 5.11 Å². The van der Waals surface area contributed by atoms with Crippen molar-refractivity contribution in [3.63, 3.8) is 0 Å². The van der Waals surface area contributed by atoms with E-state index in [-0.39, 0.29) is 26.4 Å². The standard InChI is InChI=1S/C27H29N3O5/c28-30-29-25-23(31)24(34-17-21-12-6-2-7-13-21)26(35-18-22-14-8-3-9-15-22)27(25,32)19-33-16-20-10-4-1-5-11-20/h1-15,23-26,31-32H,16-19H2/t23-,24+,25+,26-,27-/m0/s1. The highest BCUT2D eigenvalue weighted by Crippen LogP contribution is 2.39. The van der Waals surface area contributed by atoms with Gasteiger partial charge in [-0.1, -0.05) is 96.1 Å². The Morgan fingerprint density at radius 2 is 1.26 bits per heavy atom. The molecule has 2 N–H and O–H groups in total. The van der Waals surface area contributed by atoms with Crippen LogP contribution in [0.1, 0.15) is 16.7 Å². The van der Waals surface area contributed by atoms with Crippen molar-refractivity contribution < 1.29 is 24.4 Å². The van der Waals surface area contributed by atoms with Gasteiger partial charge in [-0.3, -0.25) is 0 Å². The van der Waals surface area contributed by atoms with Gasteiger partial charge in [0.2, 0.25) is 0 Å². The fraction of sp³-hybridized carbons (Fsp3) is 0.333. The quantitative estimate of drug-likeness (QED) is 0.245. The zero-order valence-corrected chi connectivity index (χ0v) is 19.3. The lowest BCUT2D eigenvalue weighted by Crippen LogP contribution is -2.53. The Morgan fingerprint density at radius 3 is 1.77 bits per heavy atom. The molecule has 0 saturated heterocycles. The molecule has 0 aromatic heterocycles. The minimum Gasteiger partial charge on any atom is -0.390 e. The molecular weight excluding hydrogens is 446 g/mol. The first-order chi connectivity index (χ1) is 17.1. The summed E-state index contributed by atoms with van der Waals surface area (Å²) in [6.07, 6.45) is -3.24. The molecule has 182 valence electrons. The maximum absolute atomic E-state index is 11.8. The molecule has 3 aromatic carbocycles. The Hall–Kier alpha value is -3.23. The molecule has 1 fully saturated rings. The van der Waals surface area contributed by atoms with E-state index in [0.29, 0.717) is 0 Å². The fourth-order valence-electron chi connectivity index (χ4n) is 4.36. The molecule has 0 amide bonds. The fourth-order valence-corrected chi connectivity index (χ4v) is 4.36. The number of azide groups is 1. The third-order valence-corrected chi connectivity index (χ3v) is 6.14. The van der Waals surface area contributed by atoms with Crippen LogP contribution in [0.15, 0.2) is 96.1 Å². The molecule has 0 bridgehead atoms. The number of hydrogen-bond acceptors (Lipinski definition) is 6. The van der Waals surface area contributed by atoms with Crippen LogP contribution in [0.2, 0.25) is 0 Å². The average Bonchev–Trinajstić information content (AvgIpc) is 3.09. The highest BCUT2D eigenvalue weighted by atomic mass is 16.6. The third-order valence-electron chi connectivity index (χ3n) is 6.14. The van der Waals surface area contributed by atoms with Gasteiger partial charge in [-0.15, -0.1) is 0 Å². The van der Waals surface area contributed by atoms with Crippen LogP contribution in [0.25, 0.3) is 10.4 Å². The molecule has 0 heterocycles. The molecular formula is C27H29N3O5. The maximum atomic E-state index is 11.8. The Bertz CT molecular complexity index is 1100. The van der Waals surface area contributed by atoms with E-state index < -0.39 is 30.0 Å². The normalized spacial score (nSPS) is 25.8. The second-order valence-electron chi connectivity index (χ2n) is 8.59. The van der Waals surface area contributed by atoms with E-state index in [1.807, 2.05) is 91.0 Å². The number of hydrogen-bond donors (Lipinski definition) is 2. The first-order valence-corrected chi connectivity index (χ1v) is 11.5. The second kappa shape index (κ2) is 12.0. The minimum atomic E-state index is -1.81. The van der Waals surface area contributed by atoms with Crippen molar-refractivity contribution in [1.82, 2.24) is 0 Å². The number of rotatable bonds is 11. The molecule has 0 aliphatic heterocycles. The highest BCUT2D eigenvalue weighted by molar-refractivity contribution is 5.19. The molecule has 8 heteroatoms. The van der Waals surface area contributed by atoms with Crippen molar-refractivity contribution in [2.45, 2.75) is 49.8 Å². The monoisotopic (exact) mass is 475 g/mol. The van der Waals surface area contributed by atoms with Crippen molar-refractivity contribution >= 4 is 0 Å². The molecule has 3 aromatic rings. The highest BCUT2D eigenvalue weighted by Gasteiger charge is 2.61. The van der Waals surface area contributed by atoms with Gasteiger partial charge in [-0.25, -0.2) is 0 Å². The van der Waals surface area contributed by atoms with E-state index in [1.54, 1.807) is 0 Å². The van der Waals surface area contributed by atoms with Crippen molar-refractivity contribution in [1.29, 1.82) is 0 Å². The number of aliphatic hydroxyl groups is 2. The number of ether oxygens (including phenoxy) is 3. The van der Waals surface area contributed by atoms with Gasteiger partial charge < -0.3 is 24.4 Å². The molecule has 5 atom stereocenters. The maximum Gasteiger partial charge on any atom is 0.128 e. The minimum absolute atomic E-state index is 0.174. The van der Waals surface area contributed by atoms with E-state index >= 15 is 0 Å². The van der Waals surface area contributed by atoms with E-state index in [0.717, 1.165) is 16.7 Å². The summed E-state index contributed by atoms with van der Waals surface area (Å²) >= 11 is 0. The van der Waals surface area contributed by atoms with Crippen LogP contribution in [-0.4, -0.2) is 46.8 Å². The summed E-state index contributed by atoms with van der Waals surface area (Å²) in [6, 6.07) is 27.3. The van der Waals surface area contributed by atoms with Gasteiger partial charge in [0.25, 0.3) is 0 Å². The van der Waals surface area contributed by atoms with Crippen molar-refractivity contribution in [3.8, 4) is 0 Å². The van der Waals surface area contributed by atoms with Crippen LogP contribution in [-0.2, 0) is 34.0 Å². The summed E-state index contributed by atoms with van der Waals surface area (Å²) in [4.78, 5) is 2.87. The smallest absolute Gasteiger partial charge is 0.128 e. The zero-order valence-electron chi connectivity index (χ0n) is 19.3. The molecule has 0 spiro atoms. The van der Waals surface area contributed by atoms with Crippen LogP contribution in [0.3, 0.4) is 0 Å². The van der Waals surface area contributed by atoms with Gasteiger partial charge in [0.15, 0.2) is 0 Å². The SMILES string of the molecule is [N-]=[N+]=N[C@@H]1[C@@H](O)[C@@H](OCc2ccccc2)[C@H](OCc2ccccc2)[C@]1(O)COCc1ccccc1. The van der Waals surface area contributed by atoms with E-state index in [4.69, 9.17) is 14.2 Å². The van der Waals surface area contributed by atoms with Crippen LogP contribution >= 0.6 is 0 Å². The Morgan fingerprint density at radius 1 is 0.771 bits per heavy atom. The summed E-state index contributed by atoms with van der Waals surface area (Å²) in [7, 11) is 0. The first-order valence-electron chi connectivity index (χ1n) is 11.5. The lowest BCUT2D eigenvalue weighted by Gasteiger charge is -2.34. The van der Waals surface area contributed by atoms with Gasteiger partial charge >= 0.3 is 0 Å². The summed E-state index contributed by atoms with van der Waals surface area (Å²) in [5, 5.41) is 26.6. The number of aliphatic hydroxyl groups excluding tert-OH is 1. The molecule has 35 heavy (non-hydrogen) atoms. The molecule has 1 saturated carbocycles. The summed E-state index contributed by atoms with van der Waals surface area (Å²) in [5.74, 6) is 0. The predicted octanol–water partition coefficient (Wildman–Crippen LogP) is 4.16. The number of nitrogens with zero attached hydrogens (tertiary/aromatic N) is 3. The van der Waals surface area contributed by atoms with Gasteiger partial charge in [0.1, 0.15) is 17.8 Å². The first kappa shape index (κ1) is 24.9. The topological polar surface area (TPSA) is 117 Å². The molecule has 4 rings (SSSR count). The van der Waals surface area contributed by atoms with Gasteiger partial charge in [0.05, 0.1) is 38.6 Å². The average molecular weight is 476 g/mol. The van der Waals surface area contributed by atoms with Gasteiger partial charge in [-0.05, 0) is 22.2 Å². The largest absolute Gasteiger partial charge is 0.390 e. The Labute approximate surface area is 204 Å². The van der Waals surface area contributed by atoms with Crippen molar-refractivity contribution in [3.05, 3.63) is 118 Å². The van der Waals surface area contributed by atoms with E-state index in [2.05, 4.69) is 10.0 Å². The number of benzene rings is 3. The third kappa shape index (κ3) is 6.07. The predicted molar refractivity (Wildman–Crippen MR) is 130 cm³/mol. The second-order valence-corrected chi connectivity index (χ2v) is 8.59. The molecule has 1 aliphatic carbocycles. The van der Waals surface area contributed by atoms with Crippen LogP contribution < -0.4 is 0 Å². The Balaban J connectivity index is 1.57. The lowest BCUT2D eigenvalue weighted by molar-refractivity contribution is -0.172. The Kier molecular flexibility index (Phi) is 8.50. The molecule has 0 radical (unpaired) electrons. The van der Waals surface area contributed by atoms with Gasteiger partial charge in [0, 0.05) is 4.91 Å². The van der Waals surface area contributed by atoms with Crippen LogP contribution in [0, 0.1) is 0 Å². The van der Waals surface area contributed by atoms with Crippen molar-refractivity contribution in [2.75, 3.05) is 6.61 Å². The van der Waals surface area contributed by atoms with Gasteiger partial charge in [-0.2, -0.15) is 0 Å². The van der Waals surface area contributed by atoms with E-state index in [1.165, 1.54) is 0 Å². The van der Waals surface area contributed by atoms with E-state index in [9.17, 15) is 15.7 Å². The summed E-state index contributed by atoms with van der Waals surface area (Å²) in [5.41, 5.74) is 10.1. The molecule has 1 aliphatic rings. The summed E-state index contributed by atoms with van der Waals surface area (Å²) < 4.78 is 18.1.